The fraction of sp³-hybridized carbons (Fsp3) is 0.188. The number of ether oxygens (including phenoxy) is 1. The number of esters is 1. The molecule has 0 amide bonds. The van der Waals surface area contributed by atoms with Crippen LogP contribution in [0, 0.1) is 0 Å². The summed E-state index contributed by atoms with van der Waals surface area (Å²) in [5.41, 5.74) is 1.06. The van der Waals surface area contributed by atoms with E-state index in [0.29, 0.717) is 5.76 Å². The van der Waals surface area contributed by atoms with Crippen LogP contribution >= 0.6 is 0 Å². The molecule has 0 spiro atoms. The smallest absolute Gasteiger partial charge is 0.318 e. The first-order valence-electron chi connectivity index (χ1n) is 6.13. The van der Waals surface area contributed by atoms with Gasteiger partial charge in [-0.3, -0.25) is 4.79 Å². The van der Waals surface area contributed by atoms with E-state index in [0.717, 1.165) is 29.2 Å². The van der Waals surface area contributed by atoms with Crippen molar-refractivity contribution in [1.29, 1.82) is 0 Å². The molecule has 1 fully saturated rings. The maximum absolute atomic E-state index is 12.0. The van der Waals surface area contributed by atoms with E-state index in [1.54, 1.807) is 0 Å². The van der Waals surface area contributed by atoms with Crippen LogP contribution < -0.4 is 0 Å². The molecule has 0 N–H and O–H groups in total. The van der Waals surface area contributed by atoms with E-state index in [-0.39, 0.29) is 11.9 Å². The van der Waals surface area contributed by atoms with Crippen molar-refractivity contribution in [3.05, 3.63) is 60.4 Å². The highest BCUT2D eigenvalue weighted by molar-refractivity contribution is 5.91. The highest BCUT2D eigenvalue weighted by Crippen LogP contribution is 2.34. The molecule has 18 heavy (non-hydrogen) atoms. The van der Waals surface area contributed by atoms with Gasteiger partial charge in [0.05, 0.1) is 5.92 Å². The lowest BCUT2D eigenvalue weighted by Gasteiger charge is -2.23. The summed E-state index contributed by atoms with van der Waals surface area (Å²) in [5, 5.41) is 2.29. The minimum absolute atomic E-state index is 0.165. The molecule has 0 aromatic heterocycles. The third kappa shape index (κ3) is 1.80. The van der Waals surface area contributed by atoms with Gasteiger partial charge >= 0.3 is 5.97 Å². The summed E-state index contributed by atoms with van der Waals surface area (Å²) in [4.78, 5) is 12.0. The average Bonchev–Trinajstić information content (AvgIpc) is 2.38. The molecule has 1 aliphatic heterocycles. The second-order valence-electron chi connectivity index (χ2n) is 4.62. The molecule has 2 heteroatoms. The van der Waals surface area contributed by atoms with Gasteiger partial charge in [0.25, 0.3) is 0 Å². The van der Waals surface area contributed by atoms with Crippen molar-refractivity contribution in [1.82, 2.24) is 0 Å². The number of rotatable bonds is 1. The molecule has 2 nitrogen and oxygen atoms in total. The molecule has 2 aromatic rings. The molecular weight excluding hydrogens is 224 g/mol. The second-order valence-corrected chi connectivity index (χ2v) is 4.62. The van der Waals surface area contributed by atoms with E-state index in [1.807, 2.05) is 24.3 Å². The van der Waals surface area contributed by atoms with Crippen LogP contribution in [-0.4, -0.2) is 5.97 Å². The van der Waals surface area contributed by atoms with Gasteiger partial charge in [0, 0.05) is 6.42 Å². The van der Waals surface area contributed by atoms with Crippen LogP contribution in [0.4, 0.5) is 0 Å². The largest absolute Gasteiger partial charge is 0.431 e. The second kappa shape index (κ2) is 4.30. The Morgan fingerprint density at radius 3 is 2.72 bits per heavy atom. The Labute approximate surface area is 106 Å². The summed E-state index contributed by atoms with van der Waals surface area (Å²) in [7, 11) is 0. The Bertz CT molecular complexity index is 623. The summed E-state index contributed by atoms with van der Waals surface area (Å²) < 4.78 is 5.17. The molecule has 0 saturated carbocycles. The van der Waals surface area contributed by atoms with Crippen molar-refractivity contribution in [2.45, 2.75) is 18.8 Å². The summed E-state index contributed by atoms with van der Waals surface area (Å²) in [6.45, 7) is 3.71. The van der Waals surface area contributed by atoms with E-state index in [1.165, 1.54) is 0 Å². The molecule has 0 unspecified atom stereocenters. The number of fused-ring (bicyclic) bond motifs is 1. The highest BCUT2D eigenvalue weighted by Gasteiger charge is 2.28. The van der Waals surface area contributed by atoms with Crippen molar-refractivity contribution in [2.24, 2.45) is 0 Å². The number of hydrogen-bond donors (Lipinski definition) is 0. The molecule has 2 aromatic carbocycles. The van der Waals surface area contributed by atoms with Crippen molar-refractivity contribution in [3.8, 4) is 0 Å². The average molecular weight is 238 g/mol. The van der Waals surface area contributed by atoms with Gasteiger partial charge in [0.2, 0.25) is 0 Å². The lowest BCUT2D eigenvalue weighted by molar-refractivity contribution is -0.143. The Kier molecular flexibility index (Phi) is 2.63. The van der Waals surface area contributed by atoms with Crippen LogP contribution in [0.15, 0.2) is 54.8 Å². The lowest BCUT2D eigenvalue weighted by Crippen LogP contribution is -2.21. The predicted octanol–water partition coefficient (Wildman–Crippen LogP) is 3.77. The molecule has 1 heterocycles. The topological polar surface area (TPSA) is 26.3 Å². The highest BCUT2D eigenvalue weighted by atomic mass is 16.5. The molecule has 0 aliphatic carbocycles. The van der Waals surface area contributed by atoms with Gasteiger partial charge in [-0.2, -0.15) is 0 Å². The maximum atomic E-state index is 12.0. The monoisotopic (exact) mass is 238 g/mol. The molecule has 0 bridgehead atoms. The SMILES string of the molecule is C=C1CC[C@H](c2cccc3ccccc23)C(=O)O1. The van der Waals surface area contributed by atoms with Crippen molar-refractivity contribution < 1.29 is 9.53 Å². The summed E-state index contributed by atoms with van der Waals surface area (Å²) >= 11 is 0. The van der Waals surface area contributed by atoms with Gasteiger partial charge in [-0.25, -0.2) is 0 Å². The number of allylic oxidation sites excluding steroid dienone is 1. The van der Waals surface area contributed by atoms with Crippen LogP contribution in [0.25, 0.3) is 10.8 Å². The Morgan fingerprint density at radius 2 is 1.89 bits per heavy atom. The van der Waals surface area contributed by atoms with Gasteiger partial charge in [-0.1, -0.05) is 49.0 Å². The van der Waals surface area contributed by atoms with E-state index in [4.69, 9.17) is 4.74 Å². The Balaban J connectivity index is 2.09. The Morgan fingerprint density at radius 1 is 1.11 bits per heavy atom. The molecule has 3 rings (SSSR count). The van der Waals surface area contributed by atoms with Gasteiger partial charge in [-0.05, 0) is 22.8 Å². The standard InChI is InChI=1S/C16H14O2/c1-11-9-10-15(16(17)18-11)14-8-4-6-12-5-2-3-7-13(12)14/h2-8,15H,1,9-10H2/t15-/m1/s1. The van der Waals surface area contributed by atoms with Crippen molar-refractivity contribution in [2.75, 3.05) is 0 Å². The summed E-state index contributed by atoms with van der Waals surface area (Å²) in [6, 6.07) is 14.2. The van der Waals surface area contributed by atoms with Crippen LogP contribution in [0.3, 0.4) is 0 Å². The normalized spacial score (nSPS) is 19.9. The third-order valence-corrected chi connectivity index (χ3v) is 3.44. The van der Waals surface area contributed by atoms with Gasteiger partial charge < -0.3 is 4.74 Å². The summed E-state index contributed by atoms with van der Waals surface area (Å²) in [5.74, 6) is 0.237. The fourth-order valence-electron chi connectivity index (χ4n) is 2.52. The fourth-order valence-corrected chi connectivity index (χ4v) is 2.52. The molecule has 1 atom stereocenters. The molecule has 0 radical (unpaired) electrons. The third-order valence-electron chi connectivity index (χ3n) is 3.44. The zero-order valence-corrected chi connectivity index (χ0v) is 10.1. The zero-order chi connectivity index (χ0) is 12.5. The first-order chi connectivity index (χ1) is 8.75. The van der Waals surface area contributed by atoms with Gasteiger partial charge in [0.1, 0.15) is 5.76 Å². The van der Waals surface area contributed by atoms with E-state index >= 15 is 0 Å². The number of cyclic esters (lactones) is 1. The van der Waals surface area contributed by atoms with Gasteiger partial charge in [0.15, 0.2) is 0 Å². The number of carbonyl (C=O) groups excluding carboxylic acids is 1. The lowest BCUT2D eigenvalue weighted by atomic mass is 9.88. The minimum atomic E-state index is -0.178. The number of hydrogen-bond acceptors (Lipinski definition) is 2. The van der Waals surface area contributed by atoms with E-state index < -0.39 is 0 Å². The quantitative estimate of drug-likeness (QED) is 0.707. The molecular formula is C16H14O2. The molecule has 1 saturated heterocycles. The van der Waals surface area contributed by atoms with Crippen LogP contribution in [0.2, 0.25) is 0 Å². The first-order valence-corrected chi connectivity index (χ1v) is 6.13. The van der Waals surface area contributed by atoms with Crippen molar-refractivity contribution in [3.63, 3.8) is 0 Å². The number of carbonyl (C=O) groups is 1. The first kappa shape index (κ1) is 11.0. The van der Waals surface area contributed by atoms with Crippen molar-refractivity contribution >= 4 is 16.7 Å². The zero-order valence-electron chi connectivity index (χ0n) is 10.1. The Hall–Kier alpha value is -2.09. The minimum Gasteiger partial charge on any atom is -0.431 e. The predicted molar refractivity (Wildman–Crippen MR) is 71.2 cm³/mol. The molecule has 1 aliphatic rings. The van der Waals surface area contributed by atoms with Gasteiger partial charge in [-0.15, -0.1) is 0 Å². The van der Waals surface area contributed by atoms with E-state index in [9.17, 15) is 4.79 Å². The van der Waals surface area contributed by atoms with E-state index in [2.05, 4.69) is 24.8 Å². The maximum Gasteiger partial charge on any atom is 0.318 e. The van der Waals surface area contributed by atoms with Crippen LogP contribution in [-0.2, 0) is 9.53 Å². The van der Waals surface area contributed by atoms with Crippen LogP contribution in [0.5, 0.6) is 0 Å². The number of benzene rings is 2. The summed E-state index contributed by atoms with van der Waals surface area (Å²) in [6.07, 6.45) is 1.53. The van der Waals surface area contributed by atoms with Crippen LogP contribution in [0.1, 0.15) is 24.3 Å². The molecule has 90 valence electrons.